The molecule has 0 saturated carbocycles. The second-order valence-corrected chi connectivity index (χ2v) is 23.1. The summed E-state index contributed by atoms with van der Waals surface area (Å²) in [7, 11) is 0. The lowest BCUT2D eigenvalue weighted by Crippen LogP contribution is -2.61. The molecule has 32 nitrogen and oxygen atoms in total. The maximum Gasteiger partial charge on any atom is 0.245 e. The summed E-state index contributed by atoms with van der Waals surface area (Å²) in [5, 5.41) is 47.8. The molecule has 0 bridgehead atoms. The minimum atomic E-state index is -1.81. The van der Waals surface area contributed by atoms with Crippen LogP contribution >= 0.6 is 0 Å². The van der Waals surface area contributed by atoms with Crippen molar-refractivity contribution in [1.29, 1.82) is 0 Å². The smallest absolute Gasteiger partial charge is 0.245 e. The van der Waals surface area contributed by atoms with Crippen molar-refractivity contribution in [3.05, 3.63) is 84.1 Å². The summed E-state index contributed by atoms with van der Waals surface area (Å²) in [5.74, 6) is -9.63. The number of aromatic amines is 2. The second-order valence-electron chi connectivity index (χ2n) is 23.1. The van der Waals surface area contributed by atoms with E-state index in [1.807, 2.05) is 0 Å². The molecule has 4 heterocycles. The van der Waals surface area contributed by atoms with Crippen molar-refractivity contribution in [3.63, 3.8) is 0 Å². The monoisotopic (exact) mass is 1280 g/mol. The van der Waals surface area contributed by atoms with Crippen LogP contribution in [0.15, 0.2) is 72.2 Å². The zero-order valence-electron chi connectivity index (χ0n) is 51.5. The summed E-state index contributed by atoms with van der Waals surface area (Å²) >= 11 is 0. The highest BCUT2D eigenvalue weighted by atomic mass is 16.3. The van der Waals surface area contributed by atoms with Gasteiger partial charge < -0.3 is 95.4 Å². The van der Waals surface area contributed by atoms with E-state index < -0.39 is 127 Å². The van der Waals surface area contributed by atoms with Crippen LogP contribution in [0, 0.1) is 5.92 Å². The first kappa shape index (κ1) is 70.9. The lowest BCUT2D eigenvalue weighted by molar-refractivity contribution is -0.142. The molecule has 0 aliphatic carbocycles. The van der Waals surface area contributed by atoms with E-state index in [0.29, 0.717) is 34.1 Å². The molecule has 9 atom stereocenters. The Bertz CT molecular complexity index is 3280. The first-order valence-corrected chi connectivity index (χ1v) is 30.4. The molecule has 2 aliphatic rings. The minimum absolute atomic E-state index is 0.00463. The van der Waals surface area contributed by atoms with Gasteiger partial charge in [0, 0.05) is 81.2 Å². The second kappa shape index (κ2) is 34.7. The van der Waals surface area contributed by atoms with E-state index in [0.717, 1.165) is 0 Å². The zero-order chi connectivity index (χ0) is 67.0. The normalized spacial score (nSPS) is 16.7. The number of phenolic OH excluding ortho intramolecular Hbond substituents is 1. The zero-order valence-corrected chi connectivity index (χ0v) is 51.5. The number of aromatic nitrogens is 3. The molecular weight excluding hydrogens is 1200 g/mol. The highest BCUT2D eigenvalue weighted by Gasteiger charge is 2.40. The number of benzene rings is 2. The number of H-pyrrole nitrogens is 2. The molecule has 0 radical (unpaired) electrons. The summed E-state index contributed by atoms with van der Waals surface area (Å²) in [6, 6.07) is 0.431. The van der Waals surface area contributed by atoms with Gasteiger partial charge in [0.1, 0.15) is 60.1 Å². The molecule has 32 heteroatoms. The summed E-state index contributed by atoms with van der Waals surface area (Å²) in [5.41, 5.74) is 18.4. The Morgan fingerprint density at radius 1 is 0.696 bits per heavy atom. The molecule has 2 aromatic carbocycles. The van der Waals surface area contributed by atoms with Gasteiger partial charge in [-0.05, 0) is 86.6 Å². The van der Waals surface area contributed by atoms with Crippen LogP contribution in [-0.4, -0.2) is 194 Å². The molecule has 2 saturated heterocycles. The molecule has 0 unspecified atom stereocenters. The molecule has 20 N–H and O–H groups in total. The number of hydrogen-bond donors (Lipinski definition) is 17. The van der Waals surface area contributed by atoms with Gasteiger partial charge >= 0.3 is 0 Å². The van der Waals surface area contributed by atoms with E-state index in [4.69, 9.17) is 17.2 Å². The number of aromatic hydroxyl groups is 1. The van der Waals surface area contributed by atoms with Crippen molar-refractivity contribution in [1.82, 2.24) is 73.0 Å². The molecule has 92 heavy (non-hydrogen) atoms. The molecular formula is C60H84N18O14. The standard InChI is InChI=1S/C60H84N18O14/c1-32(2)23-43(53(86)72-42(12-7-21-66-60(62)63)59(92)78-22-8-13-48(78)58(91)68-29-49(61)82)73-51(84)40(11-6-20-65-33(3)80)71-54(87)44(24-34-14-16-37(81)17-15-34)74-57(90)47(30-79)77-55(88)45(25-35-27-67-39-10-5-4-9-38(35)39)75-56(89)46(26-36-28-64-31-69-36)76-52(85)41-18-19-50(83)70-41/h4-5,9-10,14-17,27-28,31-32,40-48,67,79,81H,6-8,11-13,18-26,29-30H2,1-3H3,(H2,61,82)(H,64,69)(H,65,80)(H,68,91)(H,70,83)(H,71,87)(H,72,86)(H,73,84)(H,74,90)(H,75,89)(H,76,85)(H,77,88)(H4,62,63,66)/t40-,41+,42+,43+,44+,45+,46+,47+,48+/m1/s1. The number of amides is 12. The SMILES string of the molecule is CC(=O)NCCC[C@@H](NC(=O)[C@H](Cc1ccc(O)cc1)NC(=O)[C@H](CO)NC(=O)[C@H](Cc1c[nH]c2ccccc12)NC(=O)[C@H](Cc1cnc[nH]1)NC(=O)[C@@H]1CCC(=O)N1)C(=O)N[C@@H](CC(C)C)C(=O)N[C@@H](CCCN=C(N)N)C(=O)N1CCC[C@H]1C(=O)NCC(N)=O. The van der Waals surface area contributed by atoms with Crippen LogP contribution in [0.1, 0.15) is 95.4 Å². The van der Waals surface area contributed by atoms with Crippen LogP contribution in [0.3, 0.4) is 0 Å². The molecule has 4 aromatic rings. The highest BCUT2D eigenvalue weighted by Crippen LogP contribution is 2.22. The lowest BCUT2D eigenvalue weighted by atomic mass is 10.00. The number of guanidine groups is 1. The van der Waals surface area contributed by atoms with Crippen molar-refractivity contribution in [2.24, 2.45) is 28.1 Å². The number of nitrogens with one attached hydrogen (secondary N) is 12. The number of likely N-dealkylation sites (tertiary alicyclic amines) is 1. The molecule has 2 aliphatic heterocycles. The lowest BCUT2D eigenvalue weighted by Gasteiger charge is -2.30. The van der Waals surface area contributed by atoms with E-state index in [-0.39, 0.29) is 120 Å². The number of imidazole rings is 1. The van der Waals surface area contributed by atoms with Gasteiger partial charge in [-0.2, -0.15) is 0 Å². The van der Waals surface area contributed by atoms with E-state index in [9.17, 15) is 67.7 Å². The Morgan fingerprint density at radius 3 is 1.93 bits per heavy atom. The summed E-state index contributed by atoms with van der Waals surface area (Å²) in [4.78, 5) is 179. The Hall–Kier alpha value is -10.1. The summed E-state index contributed by atoms with van der Waals surface area (Å²) in [6.45, 7) is 3.56. The molecule has 2 fully saturated rings. The molecule has 0 spiro atoms. The van der Waals surface area contributed by atoms with Gasteiger partial charge in [0.05, 0.1) is 19.5 Å². The number of primary amides is 1. The number of hydrogen-bond acceptors (Lipinski definition) is 16. The van der Waals surface area contributed by atoms with Crippen molar-refractivity contribution in [2.45, 2.75) is 152 Å². The van der Waals surface area contributed by atoms with Crippen molar-refractivity contribution in [3.8, 4) is 5.75 Å². The van der Waals surface area contributed by atoms with Gasteiger partial charge in [0.15, 0.2) is 5.96 Å². The number of nitrogens with two attached hydrogens (primary N) is 3. The summed E-state index contributed by atoms with van der Waals surface area (Å²) < 4.78 is 0. The van der Waals surface area contributed by atoms with E-state index in [1.54, 1.807) is 44.3 Å². The molecule has 12 amide bonds. The largest absolute Gasteiger partial charge is 0.508 e. The molecule has 498 valence electrons. The van der Waals surface area contributed by atoms with E-state index >= 15 is 0 Å². The number of aliphatic imine (C=N–C) groups is 1. The van der Waals surface area contributed by atoms with Crippen LogP contribution < -0.4 is 70.4 Å². The number of rotatable bonds is 35. The number of nitrogens with zero attached hydrogens (tertiary/aromatic N) is 3. The average Bonchev–Trinajstić information content (AvgIpc) is 1.91. The number of para-hydroxylation sites is 1. The van der Waals surface area contributed by atoms with Gasteiger partial charge in [0.25, 0.3) is 0 Å². The summed E-state index contributed by atoms with van der Waals surface area (Å²) in [6.07, 6.45) is 4.86. The number of fused-ring (bicyclic) bond motifs is 1. The number of phenols is 1. The maximum absolute atomic E-state index is 14.8. The Kier molecular flexibility index (Phi) is 26.8. The average molecular weight is 1280 g/mol. The topological polar surface area (TPSA) is 504 Å². The van der Waals surface area contributed by atoms with Crippen LogP contribution in [-0.2, 0) is 76.8 Å². The van der Waals surface area contributed by atoms with Gasteiger partial charge in [-0.3, -0.25) is 62.5 Å². The van der Waals surface area contributed by atoms with Crippen molar-refractivity contribution >= 4 is 87.7 Å². The van der Waals surface area contributed by atoms with Crippen molar-refractivity contribution < 1.29 is 67.7 Å². The Balaban J connectivity index is 1.25. The third-order valence-corrected chi connectivity index (χ3v) is 15.3. The van der Waals surface area contributed by atoms with Crippen LogP contribution in [0.5, 0.6) is 5.75 Å². The van der Waals surface area contributed by atoms with E-state index in [1.165, 1.54) is 48.6 Å². The minimum Gasteiger partial charge on any atom is -0.508 e. The predicted molar refractivity (Wildman–Crippen MR) is 332 cm³/mol. The number of carbonyl (C=O) groups excluding carboxylic acids is 12. The first-order chi connectivity index (χ1) is 43.9. The van der Waals surface area contributed by atoms with Gasteiger partial charge in [-0.25, -0.2) is 4.98 Å². The number of carbonyl (C=O) groups is 12. The quantitative estimate of drug-likeness (QED) is 0.0118. The molecule has 2 aromatic heterocycles. The Morgan fingerprint density at radius 2 is 1.30 bits per heavy atom. The number of aliphatic hydroxyl groups is 1. The van der Waals surface area contributed by atoms with Crippen LogP contribution in [0.4, 0.5) is 0 Å². The third-order valence-electron chi connectivity index (χ3n) is 15.3. The van der Waals surface area contributed by atoms with Crippen LogP contribution in [0.2, 0.25) is 0 Å². The fraction of sp³-hybridized carbons (Fsp3) is 0.500. The first-order valence-electron chi connectivity index (χ1n) is 30.4. The third kappa shape index (κ3) is 21.8. The predicted octanol–water partition coefficient (Wildman–Crippen LogP) is -4.10. The fourth-order valence-corrected chi connectivity index (χ4v) is 10.6. The van der Waals surface area contributed by atoms with Gasteiger partial charge in [-0.1, -0.05) is 44.2 Å². The van der Waals surface area contributed by atoms with Crippen molar-refractivity contribution in [2.75, 3.05) is 32.8 Å². The van der Waals surface area contributed by atoms with Gasteiger partial charge in [0.2, 0.25) is 70.9 Å². The Labute approximate surface area is 529 Å². The van der Waals surface area contributed by atoms with Gasteiger partial charge in [-0.15, -0.1) is 0 Å². The highest BCUT2D eigenvalue weighted by molar-refractivity contribution is 6.00. The van der Waals surface area contributed by atoms with E-state index in [2.05, 4.69) is 73.1 Å². The van der Waals surface area contributed by atoms with Crippen LogP contribution in [0.25, 0.3) is 10.9 Å². The fourth-order valence-electron chi connectivity index (χ4n) is 10.6. The maximum atomic E-state index is 14.8. The number of aliphatic hydroxyl groups excluding tert-OH is 1. The molecule has 6 rings (SSSR count).